The van der Waals surface area contributed by atoms with E-state index in [2.05, 4.69) is 44.9 Å². The zero-order valence-corrected chi connectivity index (χ0v) is 23.0. The van der Waals surface area contributed by atoms with E-state index in [0.29, 0.717) is 17.5 Å². The number of halogens is 1. The van der Waals surface area contributed by atoms with Gasteiger partial charge in [0.2, 0.25) is 0 Å². The maximum absolute atomic E-state index is 11.3. The van der Waals surface area contributed by atoms with Gasteiger partial charge in [0.1, 0.15) is 12.4 Å². The van der Waals surface area contributed by atoms with Crippen molar-refractivity contribution in [1.82, 2.24) is 20.6 Å². The molecule has 5 rings (SSSR count). The number of allylic oxidation sites excluding steroid dienone is 1. The Morgan fingerprint density at radius 3 is 2.39 bits per heavy atom. The fourth-order valence-corrected chi connectivity index (χ4v) is 4.77. The number of nitrogens with one attached hydrogen (secondary N) is 1. The van der Waals surface area contributed by atoms with E-state index in [9.17, 15) is 9.90 Å². The number of rotatable bonds is 12. The van der Waals surface area contributed by atoms with Crippen LogP contribution in [0.4, 0.5) is 0 Å². The second-order valence-corrected chi connectivity index (χ2v) is 10.1. The second kappa shape index (κ2) is 13.5. The van der Waals surface area contributed by atoms with Gasteiger partial charge in [-0.2, -0.15) is 0 Å². The van der Waals surface area contributed by atoms with Crippen LogP contribution in [0.2, 0.25) is 5.02 Å². The summed E-state index contributed by atoms with van der Waals surface area (Å²) in [4.78, 5) is 11.3. The van der Waals surface area contributed by atoms with Gasteiger partial charge in [-0.1, -0.05) is 96.5 Å². The van der Waals surface area contributed by atoms with Crippen LogP contribution in [0.3, 0.4) is 0 Å². The Bertz CT molecular complexity index is 1600. The fraction of sp³-hybridized carbons (Fsp3) is 0.152. The average Bonchev–Trinajstić information content (AvgIpc) is 3.54. The van der Waals surface area contributed by atoms with Crippen LogP contribution < -0.4 is 4.74 Å². The smallest absolute Gasteiger partial charge is 0.335 e. The number of hydrogen-bond donors (Lipinski definition) is 2. The first-order chi connectivity index (χ1) is 20.0. The zero-order chi connectivity index (χ0) is 28.4. The third kappa shape index (κ3) is 7.68. The Labute approximate surface area is 243 Å². The molecule has 0 bridgehead atoms. The predicted octanol–water partition coefficient (Wildman–Crippen LogP) is 7.30. The molecule has 0 aliphatic heterocycles. The van der Waals surface area contributed by atoms with E-state index in [4.69, 9.17) is 16.3 Å². The molecule has 206 valence electrons. The first-order valence-electron chi connectivity index (χ1n) is 13.3. The van der Waals surface area contributed by atoms with Crippen molar-refractivity contribution in [2.45, 2.75) is 25.9 Å². The summed E-state index contributed by atoms with van der Waals surface area (Å²) in [6, 6.07) is 30.9. The van der Waals surface area contributed by atoms with E-state index in [1.165, 1.54) is 5.56 Å². The van der Waals surface area contributed by atoms with Gasteiger partial charge in [-0.3, -0.25) is 0 Å². The van der Waals surface area contributed by atoms with Gasteiger partial charge < -0.3 is 9.84 Å². The van der Waals surface area contributed by atoms with Gasteiger partial charge in [0, 0.05) is 21.7 Å². The van der Waals surface area contributed by atoms with Crippen LogP contribution >= 0.6 is 11.6 Å². The highest BCUT2D eigenvalue weighted by Gasteiger charge is 2.11. The molecule has 5 aromatic rings. The molecule has 0 fully saturated rings. The first kappa shape index (κ1) is 27.8. The Hall–Kier alpha value is -4.75. The van der Waals surface area contributed by atoms with Crippen molar-refractivity contribution < 1.29 is 14.6 Å². The van der Waals surface area contributed by atoms with E-state index < -0.39 is 5.97 Å². The number of tetrazole rings is 1. The van der Waals surface area contributed by atoms with Crippen molar-refractivity contribution in [3.63, 3.8) is 0 Å². The number of carbonyl (C=O) groups is 1. The van der Waals surface area contributed by atoms with E-state index in [1.807, 2.05) is 72.8 Å². The van der Waals surface area contributed by atoms with Crippen molar-refractivity contribution in [2.24, 2.45) is 5.92 Å². The van der Waals surface area contributed by atoms with Crippen molar-refractivity contribution >= 4 is 23.6 Å². The largest absolute Gasteiger partial charge is 0.488 e. The molecule has 4 aromatic carbocycles. The third-order valence-corrected chi connectivity index (χ3v) is 7.25. The van der Waals surface area contributed by atoms with Gasteiger partial charge in [-0.15, -0.1) is 5.10 Å². The lowest BCUT2D eigenvalue weighted by molar-refractivity contribution is 0.0697. The van der Waals surface area contributed by atoms with Crippen molar-refractivity contribution in [2.75, 3.05) is 0 Å². The second-order valence-electron chi connectivity index (χ2n) is 9.73. The van der Waals surface area contributed by atoms with Gasteiger partial charge in [0.25, 0.3) is 0 Å². The van der Waals surface area contributed by atoms with E-state index in [-0.39, 0.29) is 11.5 Å². The molecule has 0 aliphatic carbocycles. The van der Waals surface area contributed by atoms with Crippen LogP contribution in [-0.4, -0.2) is 31.7 Å². The number of carboxylic acid groups (broad SMARTS) is 1. The van der Waals surface area contributed by atoms with Gasteiger partial charge in [0.15, 0.2) is 5.82 Å². The molecule has 0 amide bonds. The highest BCUT2D eigenvalue weighted by atomic mass is 35.5. The maximum Gasteiger partial charge on any atom is 0.335 e. The number of ether oxygens (including phenoxy) is 1. The Morgan fingerprint density at radius 1 is 0.927 bits per heavy atom. The van der Waals surface area contributed by atoms with Gasteiger partial charge in [0.05, 0.1) is 5.56 Å². The number of H-pyrrole nitrogens is 1. The summed E-state index contributed by atoms with van der Waals surface area (Å²) >= 11 is 6.32. The monoisotopic (exact) mass is 564 g/mol. The standard InChI is InChI=1S/C33H29ClN4O3/c34-30-7-3-1-6-29(30)22-41-31-8-4-2-5-26(31)16-13-24(21-25-14-19-28(20-15-25)33(39)40)10-9-23-11-17-27(18-12-23)32-35-37-38-36-32/h1-8,11-20,24H,9-10,21-22H2,(H,39,40)(H,35,36,37,38)/b16-13+. The molecule has 1 unspecified atom stereocenters. The van der Waals surface area contributed by atoms with Crippen LogP contribution in [0.25, 0.3) is 17.5 Å². The number of carboxylic acids is 1. The maximum atomic E-state index is 11.3. The lowest BCUT2D eigenvalue weighted by Gasteiger charge is -2.15. The highest BCUT2D eigenvalue weighted by molar-refractivity contribution is 6.31. The zero-order valence-electron chi connectivity index (χ0n) is 22.3. The summed E-state index contributed by atoms with van der Waals surface area (Å²) in [5, 5.41) is 24.0. The number of aromatic carboxylic acids is 1. The van der Waals surface area contributed by atoms with E-state index >= 15 is 0 Å². The number of aromatic amines is 1. The summed E-state index contributed by atoms with van der Waals surface area (Å²) in [6.07, 6.45) is 6.89. The molecule has 0 radical (unpaired) electrons. The van der Waals surface area contributed by atoms with Gasteiger partial charge >= 0.3 is 5.97 Å². The van der Waals surface area contributed by atoms with Crippen molar-refractivity contribution in [3.05, 3.63) is 136 Å². The minimum Gasteiger partial charge on any atom is -0.488 e. The molecule has 0 saturated carbocycles. The Kier molecular flexibility index (Phi) is 9.19. The summed E-state index contributed by atoms with van der Waals surface area (Å²) in [5.41, 5.74) is 5.43. The van der Waals surface area contributed by atoms with Crippen LogP contribution in [0, 0.1) is 5.92 Å². The first-order valence-corrected chi connectivity index (χ1v) is 13.7. The molecule has 8 heteroatoms. The number of aromatic nitrogens is 4. The summed E-state index contributed by atoms with van der Waals surface area (Å²) < 4.78 is 6.15. The Morgan fingerprint density at radius 2 is 1.66 bits per heavy atom. The quantitative estimate of drug-likeness (QED) is 0.165. The Balaban J connectivity index is 1.31. The van der Waals surface area contributed by atoms with Crippen LogP contribution in [-0.2, 0) is 19.4 Å². The van der Waals surface area contributed by atoms with Crippen molar-refractivity contribution in [3.8, 4) is 17.1 Å². The highest BCUT2D eigenvalue weighted by Crippen LogP contribution is 2.26. The van der Waals surface area contributed by atoms with Gasteiger partial charge in [-0.25, -0.2) is 9.89 Å². The van der Waals surface area contributed by atoms with E-state index in [0.717, 1.165) is 47.3 Å². The number of benzene rings is 4. The molecule has 1 heterocycles. The number of nitrogens with zero attached hydrogens (tertiary/aromatic N) is 3. The van der Waals surface area contributed by atoms with Gasteiger partial charge in [-0.05, 0) is 71.0 Å². The summed E-state index contributed by atoms with van der Waals surface area (Å²) in [7, 11) is 0. The molecule has 1 aromatic heterocycles. The average molecular weight is 565 g/mol. The predicted molar refractivity (Wildman–Crippen MR) is 160 cm³/mol. The fourth-order valence-electron chi connectivity index (χ4n) is 4.58. The molecular weight excluding hydrogens is 536 g/mol. The van der Waals surface area contributed by atoms with E-state index in [1.54, 1.807) is 12.1 Å². The van der Waals surface area contributed by atoms with Crippen molar-refractivity contribution in [1.29, 1.82) is 0 Å². The number of aryl methyl sites for hydroxylation is 1. The third-order valence-electron chi connectivity index (χ3n) is 6.88. The summed E-state index contributed by atoms with van der Waals surface area (Å²) in [6.45, 7) is 0.379. The molecule has 0 saturated heterocycles. The number of para-hydroxylation sites is 1. The normalized spacial score (nSPS) is 11.9. The summed E-state index contributed by atoms with van der Waals surface area (Å²) in [5.74, 6) is 0.703. The SMILES string of the molecule is O=C(O)c1ccc(CC(/C=C/c2ccccc2OCc2ccccc2Cl)CCc2ccc(-c3nnn[nH]3)cc2)cc1. The molecule has 0 spiro atoms. The lowest BCUT2D eigenvalue weighted by atomic mass is 9.91. The minimum atomic E-state index is -0.925. The van der Waals surface area contributed by atoms with Crippen LogP contribution in [0.5, 0.6) is 5.75 Å². The molecular formula is C33H29ClN4O3. The molecule has 41 heavy (non-hydrogen) atoms. The molecule has 7 nitrogen and oxygen atoms in total. The molecule has 1 atom stereocenters. The lowest BCUT2D eigenvalue weighted by Crippen LogP contribution is -2.05. The van der Waals surface area contributed by atoms with Crippen LogP contribution in [0.15, 0.2) is 103 Å². The molecule has 0 aliphatic rings. The topological polar surface area (TPSA) is 101 Å². The molecule has 2 N–H and O–H groups in total. The van der Waals surface area contributed by atoms with Crippen LogP contribution in [0.1, 0.15) is 39.0 Å². The minimum absolute atomic E-state index is 0.209. The number of hydrogen-bond acceptors (Lipinski definition) is 5.